The van der Waals surface area contributed by atoms with Crippen LogP contribution in [0.3, 0.4) is 0 Å². The molecule has 0 unspecified atom stereocenters. The Morgan fingerprint density at radius 3 is 2.73 bits per heavy atom. The summed E-state index contributed by atoms with van der Waals surface area (Å²) in [7, 11) is 2.59. The molecule has 0 bridgehead atoms. The number of nitrogens with one attached hydrogen (secondary N) is 1. The lowest BCUT2D eigenvalue weighted by Gasteiger charge is -2.06. The maximum absolute atomic E-state index is 12.9. The maximum atomic E-state index is 12.9. The molecule has 1 amide bonds. The van der Waals surface area contributed by atoms with Gasteiger partial charge in [-0.25, -0.2) is 4.68 Å². The first-order valence-corrected chi connectivity index (χ1v) is 6.65. The molecule has 0 fully saturated rings. The van der Waals surface area contributed by atoms with E-state index in [0.29, 0.717) is 10.4 Å². The smallest absolute Gasteiger partial charge is 0.362 e. The number of alkyl halides is 3. The highest BCUT2D eigenvalue weighted by Gasteiger charge is 2.39. The Balaban J connectivity index is 2.23. The molecule has 120 valence electrons. The van der Waals surface area contributed by atoms with E-state index >= 15 is 0 Å². The lowest BCUT2D eigenvalue weighted by atomic mass is 10.3. The third kappa shape index (κ3) is 3.30. The topological polar surface area (TPSA) is 74.0 Å². The van der Waals surface area contributed by atoms with Gasteiger partial charge in [-0.2, -0.15) is 23.4 Å². The van der Waals surface area contributed by atoms with Gasteiger partial charge < -0.3 is 10.1 Å². The highest BCUT2D eigenvalue weighted by Crippen LogP contribution is 2.36. The minimum atomic E-state index is -4.62. The van der Waals surface area contributed by atoms with Crippen molar-refractivity contribution < 1.29 is 22.7 Å². The van der Waals surface area contributed by atoms with Crippen molar-refractivity contribution in [3.05, 3.63) is 28.3 Å². The number of aromatic nitrogens is 4. The van der Waals surface area contributed by atoms with E-state index in [1.807, 2.05) is 0 Å². The van der Waals surface area contributed by atoms with Crippen LogP contribution in [-0.2, 0) is 24.7 Å². The van der Waals surface area contributed by atoms with Gasteiger partial charge in [0.05, 0.1) is 22.6 Å². The van der Waals surface area contributed by atoms with Crippen molar-refractivity contribution in [3.63, 3.8) is 0 Å². The monoisotopic (exact) mass is 381 g/mol. The standard InChI is InChI=1S/C11H11BrF3N5O2/c1-19-9(11(13,14)15)7(12)8(18-19)10(21)17-6-3-16-20(4-6)5-22-2/h3-4H,5H2,1-2H3,(H,17,21). The van der Waals surface area contributed by atoms with Crippen molar-refractivity contribution in [2.75, 3.05) is 12.4 Å². The van der Waals surface area contributed by atoms with Crippen molar-refractivity contribution in [1.29, 1.82) is 0 Å². The fourth-order valence-electron chi connectivity index (χ4n) is 1.77. The molecule has 7 nitrogen and oxygen atoms in total. The molecule has 0 aliphatic rings. The third-order valence-corrected chi connectivity index (χ3v) is 3.38. The Morgan fingerprint density at radius 2 is 2.18 bits per heavy atom. The normalized spacial score (nSPS) is 11.7. The summed E-state index contributed by atoms with van der Waals surface area (Å²) in [5.74, 6) is -0.782. The average Bonchev–Trinajstić information content (AvgIpc) is 2.93. The van der Waals surface area contributed by atoms with Crippen molar-refractivity contribution in [2.24, 2.45) is 7.05 Å². The van der Waals surface area contributed by atoms with Gasteiger partial charge in [-0.1, -0.05) is 0 Å². The van der Waals surface area contributed by atoms with Gasteiger partial charge >= 0.3 is 6.18 Å². The molecule has 0 aliphatic heterocycles. The van der Waals surface area contributed by atoms with E-state index in [-0.39, 0.29) is 12.4 Å². The molecule has 11 heteroatoms. The van der Waals surface area contributed by atoms with E-state index in [1.54, 1.807) is 0 Å². The SMILES string of the molecule is COCn1cc(NC(=O)c2nn(C)c(C(F)(F)F)c2Br)cn1. The van der Waals surface area contributed by atoms with Crippen LogP contribution in [-0.4, -0.2) is 32.6 Å². The van der Waals surface area contributed by atoms with Gasteiger partial charge in [0.15, 0.2) is 11.4 Å². The summed E-state index contributed by atoms with van der Waals surface area (Å²) < 4.78 is 45.0. The second-order valence-electron chi connectivity index (χ2n) is 4.27. The van der Waals surface area contributed by atoms with Crippen LogP contribution in [0.15, 0.2) is 16.9 Å². The Bertz CT molecular complexity index is 694. The first-order valence-electron chi connectivity index (χ1n) is 5.86. The quantitative estimate of drug-likeness (QED) is 0.881. The van der Waals surface area contributed by atoms with E-state index < -0.39 is 22.3 Å². The van der Waals surface area contributed by atoms with Gasteiger partial charge in [-0.15, -0.1) is 0 Å². The number of nitrogens with zero attached hydrogens (tertiary/aromatic N) is 4. The molecule has 0 spiro atoms. The summed E-state index contributed by atoms with van der Waals surface area (Å²) in [6.07, 6.45) is -1.80. The largest absolute Gasteiger partial charge is 0.434 e. The molecule has 2 aromatic rings. The van der Waals surface area contributed by atoms with Crippen molar-refractivity contribution in [2.45, 2.75) is 12.9 Å². The second-order valence-corrected chi connectivity index (χ2v) is 5.07. The van der Waals surface area contributed by atoms with Crippen molar-refractivity contribution >= 4 is 27.5 Å². The molecule has 2 rings (SSSR count). The summed E-state index contributed by atoms with van der Waals surface area (Å²) >= 11 is 2.78. The summed E-state index contributed by atoms with van der Waals surface area (Å²) in [5, 5.41) is 9.92. The lowest BCUT2D eigenvalue weighted by molar-refractivity contribution is -0.144. The van der Waals surface area contributed by atoms with Crippen molar-refractivity contribution in [3.8, 4) is 0 Å². The molecular formula is C11H11BrF3N5O2. The van der Waals surface area contributed by atoms with Gasteiger partial charge in [0.2, 0.25) is 0 Å². The predicted octanol–water partition coefficient (Wildman–Crippen LogP) is 2.25. The fourth-order valence-corrected chi connectivity index (χ4v) is 2.51. The van der Waals surface area contributed by atoms with Crippen LogP contribution in [0.2, 0.25) is 0 Å². The maximum Gasteiger partial charge on any atom is 0.434 e. The Kier molecular flexibility index (Phi) is 4.56. The number of hydrogen-bond donors (Lipinski definition) is 1. The average molecular weight is 382 g/mol. The molecule has 2 aromatic heterocycles. The van der Waals surface area contributed by atoms with E-state index in [2.05, 4.69) is 31.4 Å². The van der Waals surface area contributed by atoms with Crippen LogP contribution < -0.4 is 5.32 Å². The van der Waals surface area contributed by atoms with E-state index in [0.717, 1.165) is 7.05 Å². The zero-order valence-corrected chi connectivity index (χ0v) is 13.1. The van der Waals surface area contributed by atoms with Crippen LogP contribution in [0.25, 0.3) is 0 Å². The Labute approximate surface area is 131 Å². The van der Waals surface area contributed by atoms with Gasteiger partial charge in [-0.05, 0) is 15.9 Å². The van der Waals surface area contributed by atoms with Gasteiger partial charge in [-0.3, -0.25) is 9.48 Å². The number of anilines is 1. The van der Waals surface area contributed by atoms with Crippen LogP contribution in [0, 0.1) is 0 Å². The lowest BCUT2D eigenvalue weighted by Crippen LogP contribution is -2.13. The molecule has 1 N–H and O–H groups in total. The van der Waals surface area contributed by atoms with E-state index in [1.165, 1.54) is 24.2 Å². The number of rotatable bonds is 4. The third-order valence-electron chi connectivity index (χ3n) is 2.63. The number of halogens is 4. The number of carbonyl (C=O) groups is 1. The molecule has 0 aliphatic carbocycles. The van der Waals surface area contributed by atoms with E-state index in [4.69, 9.17) is 4.74 Å². The summed E-state index contributed by atoms with van der Waals surface area (Å²) in [6.45, 7) is 0.182. The number of amides is 1. The minimum absolute atomic E-state index is 0.182. The minimum Gasteiger partial charge on any atom is -0.362 e. The molecule has 0 radical (unpaired) electrons. The van der Waals surface area contributed by atoms with Crippen LogP contribution in [0.1, 0.15) is 16.2 Å². The van der Waals surface area contributed by atoms with Crippen LogP contribution >= 0.6 is 15.9 Å². The molecular weight excluding hydrogens is 371 g/mol. The molecule has 0 aromatic carbocycles. The molecule has 0 saturated carbocycles. The summed E-state index contributed by atoms with van der Waals surface area (Å²) in [6, 6.07) is 0. The number of carbonyl (C=O) groups excluding carboxylic acids is 1. The number of methoxy groups -OCH3 is 1. The number of aryl methyl sites for hydroxylation is 1. The number of hydrogen-bond acceptors (Lipinski definition) is 4. The van der Waals surface area contributed by atoms with Gasteiger partial charge in [0.25, 0.3) is 5.91 Å². The Hall–Kier alpha value is -1.88. The first kappa shape index (κ1) is 16.5. The van der Waals surface area contributed by atoms with Gasteiger partial charge in [0.1, 0.15) is 6.73 Å². The fraction of sp³-hybridized carbons (Fsp3) is 0.364. The van der Waals surface area contributed by atoms with E-state index in [9.17, 15) is 18.0 Å². The predicted molar refractivity (Wildman–Crippen MR) is 73.1 cm³/mol. The molecule has 2 heterocycles. The zero-order chi connectivity index (χ0) is 16.5. The van der Waals surface area contributed by atoms with Crippen molar-refractivity contribution in [1.82, 2.24) is 19.6 Å². The van der Waals surface area contributed by atoms with Gasteiger partial charge in [0, 0.05) is 14.2 Å². The molecule has 0 saturated heterocycles. The zero-order valence-electron chi connectivity index (χ0n) is 11.5. The molecule has 0 atom stereocenters. The summed E-state index contributed by atoms with van der Waals surface area (Å²) in [5.41, 5.74) is -1.09. The highest BCUT2D eigenvalue weighted by atomic mass is 79.9. The Morgan fingerprint density at radius 1 is 1.50 bits per heavy atom. The number of ether oxygens (including phenoxy) is 1. The highest BCUT2D eigenvalue weighted by molar-refractivity contribution is 9.10. The first-order chi connectivity index (χ1) is 10.2. The van der Waals surface area contributed by atoms with Crippen LogP contribution in [0.4, 0.5) is 18.9 Å². The van der Waals surface area contributed by atoms with Crippen LogP contribution in [0.5, 0.6) is 0 Å². The molecule has 22 heavy (non-hydrogen) atoms. The second kappa shape index (κ2) is 6.08. The summed E-state index contributed by atoms with van der Waals surface area (Å²) in [4.78, 5) is 12.0.